The van der Waals surface area contributed by atoms with Gasteiger partial charge in [0.2, 0.25) is 0 Å². The third-order valence-electron chi connectivity index (χ3n) is 3.54. The maximum Gasteiger partial charge on any atom is 0.0499 e. The van der Waals surface area contributed by atoms with Crippen molar-refractivity contribution in [3.05, 3.63) is 18.0 Å². The number of rotatable bonds is 4. The minimum absolute atomic E-state index is 0.0556. The fraction of sp³-hybridized carbons (Fsp3) is 0.727. The Labute approximate surface area is 90.1 Å². The fourth-order valence-corrected chi connectivity index (χ4v) is 2.39. The number of aromatic nitrogens is 2. The van der Waals surface area contributed by atoms with Gasteiger partial charge in [0.25, 0.3) is 0 Å². The SMILES string of the molecule is CC1(CO)CCCC1NCc1ccn[nH]1. The average molecular weight is 209 g/mol. The second kappa shape index (κ2) is 4.33. The molecular weight excluding hydrogens is 190 g/mol. The second-order valence-electron chi connectivity index (χ2n) is 4.72. The highest BCUT2D eigenvalue weighted by molar-refractivity contribution is 4.99. The molecule has 84 valence electrons. The van der Waals surface area contributed by atoms with Gasteiger partial charge < -0.3 is 10.4 Å². The Morgan fingerprint density at radius 3 is 3.27 bits per heavy atom. The number of H-pyrrole nitrogens is 1. The highest BCUT2D eigenvalue weighted by Gasteiger charge is 2.37. The van der Waals surface area contributed by atoms with Gasteiger partial charge in [-0.05, 0) is 18.9 Å². The quantitative estimate of drug-likeness (QED) is 0.694. The van der Waals surface area contributed by atoms with Gasteiger partial charge in [0.1, 0.15) is 0 Å². The van der Waals surface area contributed by atoms with Gasteiger partial charge in [-0.25, -0.2) is 0 Å². The van der Waals surface area contributed by atoms with E-state index < -0.39 is 0 Å². The number of aromatic amines is 1. The molecule has 2 rings (SSSR count). The van der Waals surface area contributed by atoms with Crippen molar-refractivity contribution in [1.82, 2.24) is 15.5 Å². The van der Waals surface area contributed by atoms with E-state index in [0.717, 1.165) is 25.1 Å². The van der Waals surface area contributed by atoms with Gasteiger partial charge in [-0.15, -0.1) is 0 Å². The number of nitrogens with one attached hydrogen (secondary N) is 2. The molecular formula is C11H19N3O. The standard InChI is InChI=1S/C11H19N3O/c1-11(8-15)5-2-3-10(11)12-7-9-4-6-13-14-9/h4,6,10,12,15H,2-3,5,7-8H2,1H3,(H,13,14). The Morgan fingerprint density at radius 1 is 1.73 bits per heavy atom. The Hall–Kier alpha value is -0.870. The van der Waals surface area contributed by atoms with Crippen molar-refractivity contribution in [2.75, 3.05) is 6.61 Å². The summed E-state index contributed by atoms with van der Waals surface area (Å²) < 4.78 is 0. The molecule has 0 aliphatic heterocycles. The lowest BCUT2D eigenvalue weighted by atomic mass is 9.86. The summed E-state index contributed by atoms with van der Waals surface area (Å²) >= 11 is 0. The molecule has 15 heavy (non-hydrogen) atoms. The van der Waals surface area contributed by atoms with Crippen molar-refractivity contribution in [3.63, 3.8) is 0 Å². The first-order valence-electron chi connectivity index (χ1n) is 5.57. The summed E-state index contributed by atoms with van der Waals surface area (Å²) in [5.74, 6) is 0. The summed E-state index contributed by atoms with van der Waals surface area (Å²) in [6.07, 6.45) is 5.24. The lowest BCUT2D eigenvalue weighted by molar-refractivity contribution is 0.118. The predicted molar refractivity (Wildman–Crippen MR) is 58.3 cm³/mol. The molecule has 1 heterocycles. The monoisotopic (exact) mass is 209 g/mol. The minimum Gasteiger partial charge on any atom is -0.396 e. The lowest BCUT2D eigenvalue weighted by Crippen LogP contribution is -2.41. The minimum atomic E-state index is 0.0556. The van der Waals surface area contributed by atoms with Crippen LogP contribution < -0.4 is 5.32 Å². The number of aliphatic hydroxyl groups is 1. The van der Waals surface area contributed by atoms with Crippen LogP contribution in [-0.4, -0.2) is 28.0 Å². The van der Waals surface area contributed by atoms with E-state index in [1.54, 1.807) is 6.20 Å². The van der Waals surface area contributed by atoms with E-state index in [1.165, 1.54) is 6.42 Å². The molecule has 0 radical (unpaired) electrons. The number of nitrogens with zero attached hydrogens (tertiary/aromatic N) is 1. The summed E-state index contributed by atoms with van der Waals surface area (Å²) in [6, 6.07) is 2.39. The van der Waals surface area contributed by atoms with Crippen molar-refractivity contribution in [2.45, 2.75) is 38.8 Å². The van der Waals surface area contributed by atoms with E-state index in [2.05, 4.69) is 22.4 Å². The Morgan fingerprint density at radius 2 is 2.60 bits per heavy atom. The van der Waals surface area contributed by atoms with Crippen LogP contribution in [0.1, 0.15) is 31.9 Å². The molecule has 2 unspecified atom stereocenters. The van der Waals surface area contributed by atoms with E-state index in [4.69, 9.17) is 0 Å². The molecule has 0 spiro atoms. The topological polar surface area (TPSA) is 60.9 Å². The van der Waals surface area contributed by atoms with Gasteiger partial charge in [0.05, 0.1) is 0 Å². The number of hydrogen-bond acceptors (Lipinski definition) is 3. The molecule has 2 atom stereocenters. The predicted octanol–water partition coefficient (Wildman–Crippen LogP) is 1.05. The summed E-state index contributed by atoms with van der Waals surface area (Å²) in [7, 11) is 0. The normalized spacial score (nSPS) is 30.9. The largest absolute Gasteiger partial charge is 0.396 e. The molecule has 1 aromatic rings. The Bertz CT molecular complexity index is 299. The zero-order chi connectivity index (χ0) is 10.7. The second-order valence-corrected chi connectivity index (χ2v) is 4.72. The van der Waals surface area contributed by atoms with Gasteiger partial charge >= 0.3 is 0 Å². The first-order chi connectivity index (χ1) is 7.24. The van der Waals surface area contributed by atoms with Crippen LogP contribution in [0.5, 0.6) is 0 Å². The van der Waals surface area contributed by atoms with Gasteiger partial charge in [0.15, 0.2) is 0 Å². The zero-order valence-electron chi connectivity index (χ0n) is 9.16. The maximum absolute atomic E-state index is 9.39. The third-order valence-corrected chi connectivity index (χ3v) is 3.54. The van der Waals surface area contributed by atoms with Crippen molar-refractivity contribution >= 4 is 0 Å². The molecule has 0 amide bonds. The Balaban J connectivity index is 1.89. The summed E-state index contributed by atoms with van der Waals surface area (Å²) in [5, 5.41) is 19.7. The molecule has 1 fully saturated rings. The molecule has 1 saturated carbocycles. The van der Waals surface area contributed by atoms with Crippen LogP contribution in [0, 0.1) is 5.41 Å². The summed E-state index contributed by atoms with van der Waals surface area (Å²) in [6.45, 7) is 3.23. The summed E-state index contributed by atoms with van der Waals surface area (Å²) in [5.41, 5.74) is 1.15. The van der Waals surface area contributed by atoms with Crippen LogP contribution in [0.2, 0.25) is 0 Å². The van der Waals surface area contributed by atoms with Crippen LogP contribution in [0.25, 0.3) is 0 Å². The van der Waals surface area contributed by atoms with E-state index in [-0.39, 0.29) is 12.0 Å². The van der Waals surface area contributed by atoms with Crippen molar-refractivity contribution in [2.24, 2.45) is 5.41 Å². The molecule has 1 aliphatic carbocycles. The van der Waals surface area contributed by atoms with Crippen molar-refractivity contribution in [1.29, 1.82) is 0 Å². The molecule has 0 aromatic carbocycles. The fourth-order valence-electron chi connectivity index (χ4n) is 2.39. The van der Waals surface area contributed by atoms with Crippen LogP contribution in [0.3, 0.4) is 0 Å². The van der Waals surface area contributed by atoms with Crippen LogP contribution in [0.15, 0.2) is 12.3 Å². The first kappa shape index (κ1) is 10.6. The van der Waals surface area contributed by atoms with Crippen LogP contribution >= 0.6 is 0 Å². The van der Waals surface area contributed by atoms with Crippen LogP contribution in [0.4, 0.5) is 0 Å². The van der Waals surface area contributed by atoms with E-state index >= 15 is 0 Å². The van der Waals surface area contributed by atoms with Gasteiger partial charge in [-0.2, -0.15) is 5.10 Å². The number of hydrogen-bond donors (Lipinski definition) is 3. The first-order valence-corrected chi connectivity index (χ1v) is 5.57. The van der Waals surface area contributed by atoms with E-state index in [0.29, 0.717) is 6.04 Å². The van der Waals surface area contributed by atoms with E-state index in [9.17, 15) is 5.11 Å². The van der Waals surface area contributed by atoms with Crippen molar-refractivity contribution in [3.8, 4) is 0 Å². The molecule has 1 aliphatic rings. The van der Waals surface area contributed by atoms with Crippen LogP contribution in [-0.2, 0) is 6.54 Å². The number of aliphatic hydroxyl groups excluding tert-OH is 1. The average Bonchev–Trinajstić information content (AvgIpc) is 2.85. The van der Waals surface area contributed by atoms with Gasteiger partial charge in [-0.1, -0.05) is 13.3 Å². The smallest absolute Gasteiger partial charge is 0.0499 e. The molecule has 4 heteroatoms. The molecule has 4 nitrogen and oxygen atoms in total. The van der Waals surface area contributed by atoms with Crippen molar-refractivity contribution < 1.29 is 5.11 Å². The van der Waals surface area contributed by atoms with E-state index in [1.807, 2.05) is 6.07 Å². The van der Waals surface area contributed by atoms with Gasteiger partial charge in [-0.3, -0.25) is 5.10 Å². The maximum atomic E-state index is 9.39. The molecule has 0 bridgehead atoms. The lowest BCUT2D eigenvalue weighted by Gasteiger charge is -2.30. The van der Waals surface area contributed by atoms with Gasteiger partial charge in [0, 0.05) is 36.5 Å². The highest BCUT2D eigenvalue weighted by atomic mass is 16.3. The highest BCUT2D eigenvalue weighted by Crippen LogP contribution is 2.37. The Kier molecular flexibility index (Phi) is 3.07. The zero-order valence-corrected chi connectivity index (χ0v) is 9.16. The molecule has 0 saturated heterocycles. The molecule has 3 N–H and O–H groups in total. The molecule has 1 aromatic heterocycles. The summed E-state index contributed by atoms with van der Waals surface area (Å²) in [4.78, 5) is 0. The third kappa shape index (κ3) is 2.21.